The number of H-pyrrole nitrogens is 1. The van der Waals surface area contributed by atoms with Crippen LogP contribution in [0.25, 0.3) is 16.6 Å². The Balaban J connectivity index is 1.36. The summed E-state index contributed by atoms with van der Waals surface area (Å²) >= 11 is 1.74. The van der Waals surface area contributed by atoms with Crippen LogP contribution in [0.3, 0.4) is 0 Å². The lowest BCUT2D eigenvalue weighted by atomic mass is 10.1. The first kappa shape index (κ1) is 20.4. The number of thiophene rings is 1. The summed E-state index contributed by atoms with van der Waals surface area (Å²) < 4.78 is 1.11. The zero-order valence-electron chi connectivity index (χ0n) is 17.4. The average Bonchev–Trinajstić information content (AvgIpc) is 3.32. The van der Waals surface area contributed by atoms with Crippen molar-refractivity contribution in [2.45, 2.75) is 6.54 Å². The first-order valence-corrected chi connectivity index (χ1v) is 11.4. The first-order valence-electron chi connectivity index (χ1n) is 10.5. The number of aromatic nitrogens is 2. The van der Waals surface area contributed by atoms with Crippen LogP contribution in [0, 0.1) is 0 Å². The third-order valence-corrected chi connectivity index (χ3v) is 6.64. The van der Waals surface area contributed by atoms with E-state index in [1.54, 1.807) is 53.8 Å². The Morgan fingerprint density at radius 1 is 0.938 bits per heavy atom. The number of aromatic amines is 1. The maximum atomic E-state index is 13.1. The van der Waals surface area contributed by atoms with Crippen molar-refractivity contribution in [1.82, 2.24) is 19.4 Å². The number of para-hydroxylation sites is 1. The molecule has 2 aromatic carbocycles. The fourth-order valence-corrected chi connectivity index (χ4v) is 4.82. The van der Waals surface area contributed by atoms with Gasteiger partial charge >= 0.3 is 5.69 Å². The number of benzene rings is 2. The molecule has 0 bridgehead atoms. The molecule has 1 aliphatic heterocycles. The molecule has 7 nitrogen and oxygen atoms in total. The van der Waals surface area contributed by atoms with Gasteiger partial charge in [0.25, 0.3) is 11.5 Å². The molecular formula is C24H22N4O3S. The molecule has 0 radical (unpaired) electrons. The molecule has 0 aliphatic carbocycles. The number of carbonyl (C=O) groups is 1. The van der Waals surface area contributed by atoms with Crippen molar-refractivity contribution in [3.05, 3.63) is 97.3 Å². The van der Waals surface area contributed by atoms with E-state index in [2.05, 4.69) is 27.4 Å². The maximum Gasteiger partial charge on any atom is 0.333 e. The Hall–Kier alpha value is -3.49. The van der Waals surface area contributed by atoms with Crippen molar-refractivity contribution < 1.29 is 4.79 Å². The highest BCUT2D eigenvalue weighted by molar-refractivity contribution is 7.09. The minimum absolute atomic E-state index is 0.0873. The Labute approximate surface area is 188 Å². The summed E-state index contributed by atoms with van der Waals surface area (Å²) in [6.07, 6.45) is 0. The summed E-state index contributed by atoms with van der Waals surface area (Å²) in [4.78, 5) is 46.9. The average molecular weight is 447 g/mol. The molecule has 3 heterocycles. The molecule has 1 fully saturated rings. The SMILES string of the molecule is O=C(c1ccc2c(=O)n(-c3ccccc3)c(=O)[nH]c2c1)N1CCN(Cc2cccs2)CC1. The molecule has 2 aromatic heterocycles. The van der Waals surface area contributed by atoms with Gasteiger partial charge in [0.2, 0.25) is 0 Å². The van der Waals surface area contributed by atoms with Crippen LogP contribution in [-0.2, 0) is 6.54 Å². The van der Waals surface area contributed by atoms with E-state index in [4.69, 9.17) is 0 Å². The second kappa shape index (κ2) is 8.57. The van der Waals surface area contributed by atoms with Crippen LogP contribution >= 0.6 is 11.3 Å². The van der Waals surface area contributed by atoms with Crippen LogP contribution in [0.5, 0.6) is 0 Å². The predicted molar refractivity (Wildman–Crippen MR) is 126 cm³/mol. The van der Waals surface area contributed by atoms with Crippen LogP contribution < -0.4 is 11.2 Å². The topological polar surface area (TPSA) is 78.4 Å². The van der Waals surface area contributed by atoms with Crippen LogP contribution in [0.2, 0.25) is 0 Å². The zero-order valence-corrected chi connectivity index (χ0v) is 18.2. The van der Waals surface area contributed by atoms with Gasteiger partial charge < -0.3 is 9.88 Å². The Morgan fingerprint density at radius 2 is 1.72 bits per heavy atom. The highest BCUT2D eigenvalue weighted by Crippen LogP contribution is 2.16. The number of nitrogens with one attached hydrogen (secondary N) is 1. The van der Waals surface area contributed by atoms with E-state index < -0.39 is 11.2 Å². The largest absolute Gasteiger partial charge is 0.336 e. The molecule has 1 aliphatic rings. The molecule has 0 atom stereocenters. The van der Waals surface area contributed by atoms with Gasteiger partial charge in [-0.2, -0.15) is 0 Å². The molecular weight excluding hydrogens is 424 g/mol. The summed E-state index contributed by atoms with van der Waals surface area (Å²) in [5.41, 5.74) is 0.406. The van der Waals surface area contributed by atoms with Crippen LogP contribution in [0.1, 0.15) is 15.2 Å². The second-order valence-corrected chi connectivity index (χ2v) is 8.85. The van der Waals surface area contributed by atoms with E-state index in [1.807, 2.05) is 11.0 Å². The molecule has 4 aromatic rings. The number of piperazine rings is 1. The highest BCUT2D eigenvalue weighted by Gasteiger charge is 2.23. The maximum absolute atomic E-state index is 13.1. The smallest absolute Gasteiger partial charge is 0.333 e. The number of hydrogen-bond donors (Lipinski definition) is 1. The van der Waals surface area contributed by atoms with Gasteiger partial charge in [-0.15, -0.1) is 11.3 Å². The Bertz CT molecular complexity index is 1370. The molecule has 162 valence electrons. The summed E-state index contributed by atoms with van der Waals surface area (Å²) in [5.74, 6) is -0.0873. The van der Waals surface area contributed by atoms with Gasteiger partial charge in [0.05, 0.1) is 16.6 Å². The number of carbonyl (C=O) groups excluding carboxylic acids is 1. The van der Waals surface area contributed by atoms with Gasteiger partial charge in [-0.3, -0.25) is 14.5 Å². The van der Waals surface area contributed by atoms with Gasteiger partial charge in [-0.25, -0.2) is 9.36 Å². The van der Waals surface area contributed by atoms with Crippen molar-refractivity contribution in [3.8, 4) is 5.69 Å². The first-order chi connectivity index (χ1) is 15.6. The van der Waals surface area contributed by atoms with E-state index in [1.165, 1.54) is 4.88 Å². The standard InChI is InChI=1S/C24H22N4O3S/c29-22(27-12-10-26(11-13-27)16-19-7-4-14-32-19)17-8-9-20-21(15-17)25-24(31)28(23(20)30)18-5-2-1-3-6-18/h1-9,14-15H,10-13,16H2,(H,25,31). The van der Waals surface area contributed by atoms with E-state index in [9.17, 15) is 14.4 Å². The molecule has 0 unspecified atom stereocenters. The number of hydrogen-bond acceptors (Lipinski definition) is 5. The van der Waals surface area contributed by atoms with Gasteiger partial charge in [0, 0.05) is 43.2 Å². The fourth-order valence-electron chi connectivity index (χ4n) is 4.08. The fraction of sp³-hybridized carbons (Fsp3) is 0.208. The number of fused-ring (bicyclic) bond motifs is 1. The van der Waals surface area contributed by atoms with Crippen molar-refractivity contribution in [2.75, 3.05) is 26.2 Å². The molecule has 1 N–H and O–H groups in total. The van der Waals surface area contributed by atoms with Crippen molar-refractivity contribution >= 4 is 28.1 Å². The van der Waals surface area contributed by atoms with Crippen molar-refractivity contribution in [3.63, 3.8) is 0 Å². The molecule has 8 heteroatoms. The molecule has 5 rings (SSSR count). The van der Waals surface area contributed by atoms with Crippen molar-refractivity contribution in [2.24, 2.45) is 0 Å². The third kappa shape index (κ3) is 3.90. The van der Waals surface area contributed by atoms with Gasteiger partial charge in [0.15, 0.2) is 0 Å². The number of nitrogens with zero attached hydrogens (tertiary/aromatic N) is 3. The Kier molecular flexibility index (Phi) is 5.46. The van der Waals surface area contributed by atoms with Crippen LogP contribution in [0.15, 0.2) is 75.6 Å². The lowest BCUT2D eigenvalue weighted by Crippen LogP contribution is -2.48. The summed E-state index contributed by atoms with van der Waals surface area (Å²) in [6, 6.07) is 17.8. The summed E-state index contributed by atoms with van der Waals surface area (Å²) in [5, 5.41) is 2.44. The van der Waals surface area contributed by atoms with Crippen molar-refractivity contribution in [1.29, 1.82) is 0 Å². The summed E-state index contributed by atoms with van der Waals surface area (Å²) in [7, 11) is 0. The lowest BCUT2D eigenvalue weighted by molar-refractivity contribution is 0.0630. The normalized spacial score (nSPS) is 14.7. The quantitative estimate of drug-likeness (QED) is 0.523. The monoisotopic (exact) mass is 446 g/mol. The highest BCUT2D eigenvalue weighted by atomic mass is 32.1. The number of rotatable bonds is 4. The molecule has 1 saturated heterocycles. The Morgan fingerprint density at radius 3 is 2.44 bits per heavy atom. The molecule has 0 saturated carbocycles. The second-order valence-electron chi connectivity index (χ2n) is 7.81. The van der Waals surface area contributed by atoms with Crippen LogP contribution in [-0.4, -0.2) is 51.4 Å². The third-order valence-electron chi connectivity index (χ3n) is 5.78. The minimum Gasteiger partial charge on any atom is -0.336 e. The van der Waals surface area contributed by atoms with Gasteiger partial charge in [0.1, 0.15) is 0 Å². The number of amides is 1. The zero-order chi connectivity index (χ0) is 22.1. The lowest BCUT2D eigenvalue weighted by Gasteiger charge is -2.34. The van der Waals surface area contributed by atoms with Gasteiger partial charge in [-0.1, -0.05) is 24.3 Å². The van der Waals surface area contributed by atoms with E-state index in [0.29, 0.717) is 35.2 Å². The van der Waals surface area contributed by atoms with Gasteiger partial charge in [-0.05, 0) is 41.8 Å². The predicted octanol–water partition coefficient (Wildman–Crippen LogP) is 2.70. The van der Waals surface area contributed by atoms with E-state index >= 15 is 0 Å². The molecule has 32 heavy (non-hydrogen) atoms. The van der Waals surface area contributed by atoms with E-state index in [0.717, 1.165) is 24.2 Å². The summed E-state index contributed by atoms with van der Waals surface area (Å²) in [6.45, 7) is 3.83. The molecule has 1 amide bonds. The molecule has 0 spiro atoms. The minimum atomic E-state index is -0.527. The van der Waals surface area contributed by atoms with E-state index in [-0.39, 0.29) is 5.91 Å². The van der Waals surface area contributed by atoms with Crippen LogP contribution in [0.4, 0.5) is 0 Å².